The SMILES string of the molecule is Cc1nc(CNCC(=O)N2CCOCC2)cs1. The van der Waals surface area contributed by atoms with Gasteiger partial charge >= 0.3 is 0 Å². The van der Waals surface area contributed by atoms with Crippen LogP contribution in [0.2, 0.25) is 0 Å². The fourth-order valence-electron chi connectivity index (χ4n) is 1.71. The number of ether oxygens (including phenoxy) is 1. The molecule has 2 heterocycles. The number of hydrogen-bond donors (Lipinski definition) is 1. The summed E-state index contributed by atoms with van der Waals surface area (Å²) in [5.41, 5.74) is 1.00. The molecule has 1 aromatic rings. The van der Waals surface area contributed by atoms with E-state index in [0.717, 1.165) is 10.7 Å². The molecule has 1 amide bonds. The molecule has 0 aromatic carbocycles. The van der Waals surface area contributed by atoms with Crippen LogP contribution in [0.3, 0.4) is 0 Å². The molecule has 6 heteroatoms. The first-order chi connectivity index (χ1) is 8.25. The van der Waals surface area contributed by atoms with Crippen molar-refractivity contribution in [1.82, 2.24) is 15.2 Å². The average Bonchev–Trinajstić information content (AvgIpc) is 2.76. The van der Waals surface area contributed by atoms with Gasteiger partial charge in [0.1, 0.15) is 0 Å². The van der Waals surface area contributed by atoms with Crippen LogP contribution in [0.15, 0.2) is 5.38 Å². The lowest BCUT2D eigenvalue weighted by Gasteiger charge is -2.26. The van der Waals surface area contributed by atoms with E-state index < -0.39 is 0 Å². The zero-order valence-corrected chi connectivity index (χ0v) is 10.8. The van der Waals surface area contributed by atoms with Crippen molar-refractivity contribution in [2.75, 3.05) is 32.8 Å². The minimum Gasteiger partial charge on any atom is -0.378 e. The molecular formula is C11H17N3O2S. The summed E-state index contributed by atoms with van der Waals surface area (Å²) in [6, 6.07) is 0. The molecule has 1 aliphatic heterocycles. The van der Waals surface area contributed by atoms with Crippen molar-refractivity contribution >= 4 is 17.2 Å². The fourth-order valence-corrected chi connectivity index (χ4v) is 2.32. The second-order valence-electron chi connectivity index (χ2n) is 3.95. The molecule has 0 radical (unpaired) electrons. The molecule has 17 heavy (non-hydrogen) atoms. The zero-order chi connectivity index (χ0) is 12.1. The van der Waals surface area contributed by atoms with Gasteiger partial charge in [-0.25, -0.2) is 4.98 Å². The Labute approximate surface area is 105 Å². The molecule has 1 saturated heterocycles. The summed E-state index contributed by atoms with van der Waals surface area (Å²) in [5, 5.41) is 6.20. The maximum Gasteiger partial charge on any atom is 0.236 e. The highest BCUT2D eigenvalue weighted by Crippen LogP contribution is 2.07. The predicted octanol–water partition coefficient (Wildman–Crippen LogP) is 0.400. The van der Waals surface area contributed by atoms with Gasteiger partial charge in [-0.2, -0.15) is 0 Å². The number of carbonyl (C=O) groups excluding carboxylic acids is 1. The van der Waals surface area contributed by atoms with E-state index >= 15 is 0 Å². The summed E-state index contributed by atoms with van der Waals surface area (Å²) in [6.45, 7) is 5.71. The van der Waals surface area contributed by atoms with E-state index in [1.54, 1.807) is 11.3 Å². The van der Waals surface area contributed by atoms with Crippen LogP contribution in [0.4, 0.5) is 0 Å². The van der Waals surface area contributed by atoms with Crippen molar-refractivity contribution in [1.29, 1.82) is 0 Å². The van der Waals surface area contributed by atoms with E-state index in [0.29, 0.717) is 39.4 Å². The van der Waals surface area contributed by atoms with Crippen LogP contribution in [-0.4, -0.2) is 48.6 Å². The Morgan fingerprint density at radius 1 is 1.59 bits per heavy atom. The molecular weight excluding hydrogens is 238 g/mol. The van der Waals surface area contributed by atoms with Crippen LogP contribution < -0.4 is 5.32 Å². The van der Waals surface area contributed by atoms with E-state index in [-0.39, 0.29) is 5.91 Å². The van der Waals surface area contributed by atoms with Gasteiger partial charge < -0.3 is 15.0 Å². The van der Waals surface area contributed by atoms with Crippen molar-refractivity contribution in [3.63, 3.8) is 0 Å². The third-order valence-electron chi connectivity index (χ3n) is 2.61. The highest BCUT2D eigenvalue weighted by molar-refractivity contribution is 7.09. The minimum atomic E-state index is 0.139. The van der Waals surface area contributed by atoms with E-state index in [4.69, 9.17) is 4.74 Å². The molecule has 94 valence electrons. The quantitative estimate of drug-likeness (QED) is 0.846. The molecule has 0 saturated carbocycles. The van der Waals surface area contributed by atoms with Gasteiger partial charge in [0.05, 0.1) is 30.5 Å². The van der Waals surface area contributed by atoms with Gasteiger partial charge in [0, 0.05) is 25.0 Å². The number of aromatic nitrogens is 1. The van der Waals surface area contributed by atoms with Crippen molar-refractivity contribution in [3.05, 3.63) is 16.1 Å². The number of thiazole rings is 1. The van der Waals surface area contributed by atoms with E-state index in [1.807, 2.05) is 17.2 Å². The number of aryl methyl sites for hydroxylation is 1. The van der Waals surface area contributed by atoms with Crippen molar-refractivity contribution in [2.24, 2.45) is 0 Å². The maximum atomic E-state index is 11.8. The van der Waals surface area contributed by atoms with Crippen LogP contribution >= 0.6 is 11.3 Å². The standard InChI is InChI=1S/C11H17N3O2S/c1-9-13-10(8-17-9)6-12-7-11(15)14-2-4-16-5-3-14/h8,12H,2-7H2,1H3. The van der Waals surface area contributed by atoms with Crippen molar-refractivity contribution < 1.29 is 9.53 Å². The minimum absolute atomic E-state index is 0.139. The molecule has 1 fully saturated rings. The van der Waals surface area contributed by atoms with Gasteiger partial charge in [-0.05, 0) is 6.92 Å². The lowest BCUT2D eigenvalue weighted by Crippen LogP contribution is -2.44. The Kier molecular flexibility index (Phi) is 4.47. The van der Waals surface area contributed by atoms with Crippen molar-refractivity contribution in [3.8, 4) is 0 Å². The van der Waals surface area contributed by atoms with Crippen molar-refractivity contribution in [2.45, 2.75) is 13.5 Å². The number of morpholine rings is 1. The van der Waals surface area contributed by atoms with Crippen LogP contribution in [0, 0.1) is 6.92 Å². The lowest BCUT2D eigenvalue weighted by molar-refractivity contribution is -0.134. The summed E-state index contributed by atoms with van der Waals surface area (Å²) in [5.74, 6) is 0.139. The average molecular weight is 255 g/mol. The van der Waals surface area contributed by atoms with E-state index in [9.17, 15) is 4.79 Å². The van der Waals surface area contributed by atoms with Gasteiger partial charge in [0.25, 0.3) is 0 Å². The maximum absolute atomic E-state index is 11.8. The number of carbonyl (C=O) groups is 1. The first kappa shape index (κ1) is 12.5. The monoisotopic (exact) mass is 255 g/mol. The Bertz CT molecular complexity index is 375. The summed E-state index contributed by atoms with van der Waals surface area (Å²) in [4.78, 5) is 18.0. The largest absolute Gasteiger partial charge is 0.378 e. The summed E-state index contributed by atoms with van der Waals surface area (Å²) >= 11 is 1.63. The third kappa shape index (κ3) is 3.76. The van der Waals surface area contributed by atoms with Gasteiger partial charge in [0.2, 0.25) is 5.91 Å². The van der Waals surface area contributed by atoms with Crippen LogP contribution in [0.5, 0.6) is 0 Å². The fraction of sp³-hybridized carbons (Fsp3) is 0.636. The number of hydrogen-bond acceptors (Lipinski definition) is 5. The Morgan fingerprint density at radius 3 is 3.00 bits per heavy atom. The van der Waals surface area contributed by atoms with Crippen LogP contribution in [0.1, 0.15) is 10.7 Å². The van der Waals surface area contributed by atoms with E-state index in [2.05, 4.69) is 10.3 Å². The number of nitrogens with zero attached hydrogens (tertiary/aromatic N) is 2. The highest BCUT2D eigenvalue weighted by atomic mass is 32.1. The van der Waals surface area contributed by atoms with Gasteiger partial charge in [0.15, 0.2) is 0 Å². The molecule has 1 N–H and O–H groups in total. The first-order valence-electron chi connectivity index (χ1n) is 5.73. The van der Waals surface area contributed by atoms with Gasteiger partial charge in [-0.1, -0.05) is 0 Å². The first-order valence-corrected chi connectivity index (χ1v) is 6.61. The highest BCUT2D eigenvalue weighted by Gasteiger charge is 2.15. The molecule has 0 atom stereocenters. The molecule has 2 rings (SSSR count). The number of rotatable bonds is 4. The normalized spacial score (nSPS) is 16.2. The summed E-state index contributed by atoms with van der Waals surface area (Å²) < 4.78 is 5.20. The molecule has 0 unspecified atom stereocenters. The molecule has 0 spiro atoms. The topological polar surface area (TPSA) is 54.5 Å². The smallest absolute Gasteiger partial charge is 0.236 e. The predicted molar refractivity (Wildman–Crippen MR) is 66.0 cm³/mol. The van der Waals surface area contributed by atoms with Crippen LogP contribution in [0.25, 0.3) is 0 Å². The second kappa shape index (κ2) is 6.09. The molecule has 0 bridgehead atoms. The Morgan fingerprint density at radius 2 is 2.35 bits per heavy atom. The molecule has 5 nitrogen and oxygen atoms in total. The second-order valence-corrected chi connectivity index (χ2v) is 5.02. The molecule has 1 aromatic heterocycles. The summed E-state index contributed by atoms with van der Waals surface area (Å²) in [7, 11) is 0. The van der Waals surface area contributed by atoms with Gasteiger partial charge in [-0.15, -0.1) is 11.3 Å². The number of amides is 1. The third-order valence-corrected chi connectivity index (χ3v) is 3.44. The zero-order valence-electron chi connectivity index (χ0n) is 9.94. The summed E-state index contributed by atoms with van der Waals surface area (Å²) in [6.07, 6.45) is 0. The van der Waals surface area contributed by atoms with Gasteiger partial charge in [-0.3, -0.25) is 4.79 Å². The molecule has 1 aliphatic rings. The van der Waals surface area contributed by atoms with Crippen LogP contribution in [-0.2, 0) is 16.1 Å². The number of nitrogens with one attached hydrogen (secondary N) is 1. The Hall–Kier alpha value is -0.980. The Balaban J connectivity index is 1.69. The molecule has 0 aliphatic carbocycles. The lowest BCUT2D eigenvalue weighted by atomic mass is 10.4. The van der Waals surface area contributed by atoms with E-state index in [1.165, 1.54) is 0 Å².